The van der Waals surface area contributed by atoms with Crippen LogP contribution in [0.15, 0.2) is 18.5 Å². The van der Waals surface area contributed by atoms with Gasteiger partial charge in [-0.05, 0) is 30.4 Å². The molecule has 5 heteroatoms. The number of imidazole rings is 1. The van der Waals surface area contributed by atoms with Crippen molar-refractivity contribution in [1.82, 2.24) is 14.5 Å². The van der Waals surface area contributed by atoms with E-state index >= 15 is 0 Å². The first kappa shape index (κ1) is 12.3. The van der Waals surface area contributed by atoms with Crippen molar-refractivity contribution in [2.45, 2.75) is 25.3 Å². The van der Waals surface area contributed by atoms with Crippen LogP contribution in [0.3, 0.4) is 0 Å². The lowest BCUT2D eigenvalue weighted by molar-refractivity contribution is 0.466. The van der Waals surface area contributed by atoms with Gasteiger partial charge in [-0.15, -0.1) is 11.6 Å². The van der Waals surface area contributed by atoms with Gasteiger partial charge in [-0.2, -0.15) is 11.8 Å². The zero-order valence-electron chi connectivity index (χ0n) is 10.2. The van der Waals surface area contributed by atoms with E-state index in [0.29, 0.717) is 11.9 Å². The molecule has 1 aliphatic heterocycles. The van der Waals surface area contributed by atoms with E-state index in [2.05, 4.69) is 20.6 Å². The molecule has 3 rings (SSSR count). The molecule has 0 saturated carbocycles. The lowest BCUT2D eigenvalue weighted by atomic mass is 10.1. The monoisotopic (exact) mass is 281 g/mol. The van der Waals surface area contributed by atoms with Gasteiger partial charge in [-0.25, -0.2) is 4.98 Å². The number of thioether (sulfide) groups is 1. The molecular formula is C13H16ClN3S. The zero-order chi connectivity index (χ0) is 12.4. The van der Waals surface area contributed by atoms with E-state index in [9.17, 15) is 0 Å². The van der Waals surface area contributed by atoms with Crippen LogP contribution < -0.4 is 0 Å². The third kappa shape index (κ3) is 2.24. The van der Waals surface area contributed by atoms with Crippen molar-refractivity contribution in [3.8, 4) is 0 Å². The predicted molar refractivity (Wildman–Crippen MR) is 77.5 cm³/mol. The molecule has 0 aliphatic carbocycles. The molecule has 1 aliphatic rings. The minimum absolute atomic E-state index is 0.580. The second kappa shape index (κ2) is 5.49. The maximum absolute atomic E-state index is 5.90. The molecular weight excluding hydrogens is 266 g/mol. The Balaban J connectivity index is 2.07. The third-order valence-electron chi connectivity index (χ3n) is 3.44. The van der Waals surface area contributed by atoms with Crippen molar-refractivity contribution in [2.24, 2.45) is 0 Å². The Morgan fingerprint density at radius 1 is 1.39 bits per heavy atom. The standard InChI is InChI=1S/C13H16ClN3S/c14-5-1-13-16-11-9-15-6-2-12(11)17(13)10-3-7-18-8-4-10/h2,6,9-10H,1,3-5,7-8H2. The van der Waals surface area contributed by atoms with Gasteiger partial charge in [0.25, 0.3) is 0 Å². The van der Waals surface area contributed by atoms with Crippen molar-refractivity contribution in [3.63, 3.8) is 0 Å². The highest BCUT2D eigenvalue weighted by Crippen LogP contribution is 2.31. The number of nitrogens with zero attached hydrogens (tertiary/aromatic N) is 3. The molecule has 3 nitrogen and oxygen atoms in total. The first-order valence-electron chi connectivity index (χ1n) is 6.34. The van der Waals surface area contributed by atoms with Crippen LogP contribution in [-0.2, 0) is 6.42 Å². The summed E-state index contributed by atoms with van der Waals surface area (Å²) < 4.78 is 2.40. The number of hydrogen-bond donors (Lipinski definition) is 0. The maximum Gasteiger partial charge on any atom is 0.111 e. The SMILES string of the molecule is ClCCc1nc2cnccc2n1C1CCSCC1. The zero-order valence-corrected chi connectivity index (χ0v) is 11.8. The molecule has 18 heavy (non-hydrogen) atoms. The molecule has 0 unspecified atom stereocenters. The second-order valence-corrected chi connectivity index (χ2v) is 6.15. The molecule has 1 fully saturated rings. The largest absolute Gasteiger partial charge is 0.325 e. The summed E-state index contributed by atoms with van der Waals surface area (Å²) in [6, 6.07) is 2.65. The molecule has 0 N–H and O–H groups in total. The maximum atomic E-state index is 5.90. The summed E-state index contributed by atoms with van der Waals surface area (Å²) in [6.45, 7) is 0. The normalized spacial score (nSPS) is 17.4. The summed E-state index contributed by atoms with van der Waals surface area (Å²) in [5, 5.41) is 0. The second-order valence-electron chi connectivity index (χ2n) is 4.54. The molecule has 0 amide bonds. The topological polar surface area (TPSA) is 30.7 Å². The smallest absolute Gasteiger partial charge is 0.111 e. The van der Waals surface area contributed by atoms with Gasteiger partial charge in [0.2, 0.25) is 0 Å². The fraction of sp³-hybridized carbons (Fsp3) is 0.538. The van der Waals surface area contributed by atoms with E-state index in [1.54, 1.807) is 0 Å². The van der Waals surface area contributed by atoms with Gasteiger partial charge in [0.05, 0.1) is 11.7 Å². The predicted octanol–water partition coefficient (Wildman–Crippen LogP) is 3.28. The molecule has 96 valence electrons. The number of pyridine rings is 1. The number of halogens is 1. The van der Waals surface area contributed by atoms with Gasteiger partial charge in [0, 0.05) is 24.5 Å². The molecule has 2 aromatic rings. The summed E-state index contributed by atoms with van der Waals surface area (Å²) in [5.41, 5.74) is 2.21. The van der Waals surface area contributed by atoms with Crippen LogP contribution in [0.2, 0.25) is 0 Å². The Kier molecular flexibility index (Phi) is 3.75. The summed E-state index contributed by atoms with van der Waals surface area (Å²) >= 11 is 7.95. The number of aryl methyl sites for hydroxylation is 1. The molecule has 2 aromatic heterocycles. The van der Waals surface area contributed by atoms with Gasteiger partial charge in [0.1, 0.15) is 11.3 Å². The molecule has 0 aromatic carbocycles. The van der Waals surface area contributed by atoms with Gasteiger partial charge < -0.3 is 4.57 Å². The van der Waals surface area contributed by atoms with Gasteiger partial charge >= 0.3 is 0 Å². The van der Waals surface area contributed by atoms with Crippen molar-refractivity contribution in [1.29, 1.82) is 0 Å². The Morgan fingerprint density at radius 3 is 3.00 bits per heavy atom. The van der Waals surface area contributed by atoms with E-state index in [0.717, 1.165) is 17.8 Å². The number of fused-ring (bicyclic) bond motifs is 1. The van der Waals surface area contributed by atoms with Crippen molar-refractivity contribution >= 4 is 34.4 Å². The molecule has 1 saturated heterocycles. The first-order valence-corrected chi connectivity index (χ1v) is 8.03. The Morgan fingerprint density at radius 2 is 2.22 bits per heavy atom. The molecule has 0 radical (unpaired) electrons. The Hall–Kier alpha value is -0.740. The van der Waals surface area contributed by atoms with Crippen LogP contribution >= 0.6 is 23.4 Å². The fourth-order valence-electron chi connectivity index (χ4n) is 2.61. The lowest BCUT2D eigenvalue weighted by Gasteiger charge is -2.25. The van der Waals surface area contributed by atoms with E-state index < -0.39 is 0 Å². The third-order valence-corrected chi connectivity index (χ3v) is 4.68. The number of aromatic nitrogens is 3. The highest BCUT2D eigenvalue weighted by Gasteiger charge is 2.21. The van der Waals surface area contributed by atoms with Crippen LogP contribution in [0, 0.1) is 0 Å². The van der Waals surface area contributed by atoms with E-state index in [1.165, 1.54) is 29.9 Å². The summed E-state index contributed by atoms with van der Waals surface area (Å²) in [5.74, 6) is 4.23. The lowest BCUT2D eigenvalue weighted by Crippen LogP contribution is -2.17. The molecule has 0 spiro atoms. The van der Waals surface area contributed by atoms with Gasteiger partial charge in [0.15, 0.2) is 0 Å². The van der Waals surface area contributed by atoms with Crippen LogP contribution in [0.5, 0.6) is 0 Å². The number of rotatable bonds is 3. The molecule has 3 heterocycles. The first-order chi connectivity index (χ1) is 8.90. The van der Waals surface area contributed by atoms with E-state index in [-0.39, 0.29) is 0 Å². The minimum atomic E-state index is 0.580. The van der Waals surface area contributed by atoms with Crippen molar-refractivity contribution < 1.29 is 0 Å². The van der Waals surface area contributed by atoms with E-state index in [4.69, 9.17) is 11.6 Å². The molecule has 0 bridgehead atoms. The Bertz CT molecular complexity index is 534. The van der Waals surface area contributed by atoms with Crippen molar-refractivity contribution in [2.75, 3.05) is 17.4 Å². The average molecular weight is 282 g/mol. The van der Waals surface area contributed by atoms with Crippen molar-refractivity contribution in [3.05, 3.63) is 24.3 Å². The minimum Gasteiger partial charge on any atom is -0.325 e. The number of alkyl halides is 1. The quantitative estimate of drug-likeness (QED) is 0.809. The van der Waals surface area contributed by atoms with Gasteiger partial charge in [-0.1, -0.05) is 0 Å². The highest BCUT2D eigenvalue weighted by atomic mass is 35.5. The highest BCUT2D eigenvalue weighted by molar-refractivity contribution is 7.99. The summed E-state index contributed by atoms with van der Waals surface area (Å²) in [6.07, 6.45) is 6.99. The average Bonchev–Trinajstić information content (AvgIpc) is 2.78. The number of hydrogen-bond acceptors (Lipinski definition) is 3. The Labute approximate surface area is 116 Å². The summed E-state index contributed by atoms with van der Waals surface area (Å²) in [4.78, 5) is 8.85. The fourth-order valence-corrected chi connectivity index (χ4v) is 3.86. The van der Waals surface area contributed by atoms with E-state index in [1.807, 2.05) is 24.2 Å². The van der Waals surface area contributed by atoms with Crippen LogP contribution in [0.25, 0.3) is 11.0 Å². The molecule has 0 atom stereocenters. The van der Waals surface area contributed by atoms with Crippen LogP contribution in [0.1, 0.15) is 24.7 Å². The van der Waals surface area contributed by atoms with Gasteiger partial charge in [-0.3, -0.25) is 4.98 Å². The summed E-state index contributed by atoms with van der Waals surface area (Å²) in [7, 11) is 0. The van der Waals surface area contributed by atoms with Crippen LogP contribution in [0.4, 0.5) is 0 Å². The van der Waals surface area contributed by atoms with Crippen LogP contribution in [-0.4, -0.2) is 31.9 Å².